The molecule has 154 valence electrons. The number of carbonyl (C=O) groups is 1. The molecule has 2 heterocycles. The van der Waals surface area contributed by atoms with E-state index in [9.17, 15) is 18.0 Å². The van der Waals surface area contributed by atoms with Crippen LogP contribution in [0.1, 0.15) is 18.1 Å². The number of ether oxygens (including phenoxy) is 2. The van der Waals surface area contributed by atoms with Crippen molar-refractivity contribution in [2.24, 2.45) is 5.10 Å². The Morgan fingerprint density at radius 3 is 2.55 bits per heavy atom. The Morgan fingerprint density at radius 2 is 1.97 bits per heavy atom. The van der Waals surface area contributed by atoms with Gasteiger partial charge in [-0.3, -0.25) is 9.78 Å². The summed E-state index contributed by atoms with van der Waals surface area (Å²) in [6.45, 7) is 0.381. The molecule has 11 heteroatoms. The van der Waals surface area contributed by atoms with Crippen molar-refractivity contribution in [3.8, 4) is 11.8 Å². The van der Waals surface area contributed by atoms with E-state index in [-0.39, 0.29) is 6.54 Å². The topological polar surface area (TPSA) is 89.8 Å². The van der Waals surface area contributed by atoms with Crippen LogP contribution in [0.3, 0.4) is 0 Å². The summed E-state index contributed by atoms with van der Waals surface area (Å²) in [6.07, 6.45) is 4.95. The van der Waals surface area contributed by atoms with Crippen LogP contribution in [0.15, 0.2) is 48.1 Å². The van der Waals surface area contributed by atoms with Crippen molar-refractivity contribution in [3.05, 3.63) is 54.1 Å². The Labute approximate surface area is 164 Å². The first-order valence-electron chi connectivity index (χ1n) is 8.27. The third kappa shape index (κ3) is 7.20. The monoisotopic (exact) mass is 409 g/mol. The van der Waals surface area contributed by atoms with Crippen LogP contribution < -0.4 is 9.47 Å². The molecule has 0 aromatic carbocycles. The van der Waals surface area contributed by atoms with Gasteiger partial charge in [0.2, 0.25) is 6.41 Å². The molecular weight excluding hydrogens is 391 g/mol. The number of hydrogen-bond donors (Lipinski definition) is 0. The zero-order valence-electron chi connectivity index (χ0n) is 15.6. The zero-order valence-corrected chi connectivity index (χ0v) is 15.6. The molecule has 0 spiro atoms. The van der Waals surface area contributed by atoms with Gasteiger partial charge in [0.15, 0.2) is 6.61 Å². The van der Waals surface area contributed by atoms with E-state index in [4.69, 9.17) is 4.74 Å². The van der Waals surface area contributed by atoms with Crippen molar-refractivity contribution >= 4 is 12.1 Å². The lowest BCUT2D eigenvalue weighted by Gasteiger charge is -2.13. The molecule has 0 N–H and O–H groups in total. The third-order valence-corrected chi connectivity index (χ3v) is 3.32. The summed E-state index contributed by atoms with van der Waals surface area (Å²) in [5.41, 5.74) is 1.41. The molecule has 0 saturated heterocycles. The maximum atomic E-state index is 12.2. The Morgan fingerprint density at radius 1 is 1.24 bits per heavy atom. The molecular formula is C18H18F3N5O3. The number of halogens is 3. The van der Waals surface area contributed by atoms with Crippen LogP contribution in [-0.4, -0.2) is 52.0 Å². The number of amides is 1. The zero-order chi connectivity index (χ0) is 21.3. The lowest BCUT2D eigenvalue weighted by atomic mass is 10.2. The normalized spacial score (nSPS) is 12.1. The summed E-state index contributed by atoms with van der Waals surface area (Å²) < 4.78 is 46.2. The minimum Gasteiger partial charge on any atom is -0.495 e. The van der Waals surface area contributed by atoms with E-state index in [1.165, 1.54) is 25.7 Å². The second kappa shape index (κ2) is 10.2. The number of pyridine rings is 1. The lowest BCUT2D eigenvalue weighted by Crippen LogP contribution is -2.20. The van der Waals surface area contributed by atoms with Gasteiger partial charge in [-0.1, -0.05) is 6.08 Å². The average Bonchev–Trinajstić information content (AvgIpc) is 2.71. The number of nitrogens with zero attached hydrogens (tertiary/aromatic N) is 5. The fraction of sp³-hybridized carbons (Fsp3) is 0.278. The van der Waals surface area contributed by atoms with Crippen molar-refractivity contribution in [2.45, 2.75) is 19.6 Å². The summed E-state index contributed by atoms with van der Waals surface area (Å²) in [5.74, 6) is 0.536. The quantitative estimate of drug-likeness (QED) is 0.359. The van der Waals surface area contributed by atoms with Gasteiger partial charge >= 0.3 is 12.2 Å². The van der Waals surface area contributed by atoms with E-state index >= 15 is 0 Å². The van der Waals surface area contributed by atoms with Crippen LogP contribution in [0, 0.1) is 0 Å². The number of rotatable bonds is 9. The van der Waals surface area contributed by atoms with Crippen molar-refractivity contribution in [1.29, 1.82) is 0 Å². The predicted molar refractivity (Wildman–Crippen MR) is 97.3 cm³/mol. The number of carbonyl (C=O) groups excluding carboxylic acids is 1. The summed E-state index contributed by atoms with van der Waals surface area (Å²) in [4.78, 5) is 23.0. The highest BCUT2D eigenvalue weighted by molar-refractivity contribution is 6.08. The standard InChI is InChI=1S/C18H18F3N5O3/c1-3-4-16(14-7-23-17(24-8-14)29-11-18(19,20)21)25-26(12-27)10-13-5-15(28-2)9-22-6-13/h3-9,12H,10-11H2,1-2H3/b4-3-,25-16+. The molecule has 2 aromatic heterocycles. The fourth-order valence-electron chi connectivity index (χ4n) is 2.10. The number of alkyl halides is 3. The Balaban J connectivity index is 2.19. The number of allylic oxidation sites excluding steroid dienone is 2. The van der Waals surface area contributed by atoms with Gasteiger partial charge in [0.05, 0.1) is 25.6 Å². The van der Waals surface area contributed by atoms with Gasteiger partial charge in [0.1, 0.15) is 5.75 Å². The fourth-order valence-corrected chi connectivity index (χ4v) is 2.10. The smallest absolute Gasteiger partial charge is 0.422 e. The van der Waals surface area contributed by atoms with E-state index in [1.54, 1.807) is 31.3 Å². The largest absolute Gasteiger partial charge is 0.495 e. The van der Waals surface area contributed by atoms with Gasteiger partial charge in [-0.05, 0) is 24.6 Å². The molecule has 0 unspecified atom stereocenters. The molecule has 8 nitrogen and oxygen atoms in total. The highest BCUT2D eigenvalue weighted by Crippen LogP contribution is 2.16. The average molecular weight is 409 g/mol. The molecule has 0 atom stereocenters. The Kier molecular flexibility index (Phi) is 7.63. The van der Waals surface area contributed by atoms with Crippen LogP contribution in [0.25, 0.3) is 0 Å². The molecule has 0 aliphatic rings. The first kappa shape index (κ1) is 21.8. The first-order valence-corrected chi connectivity index (χ1v) is 8.27. The van der Waals surface area contributed by atoms with Crippen LogP contribution >= 0.6 is 0 Å². The van der Waals surface area contributed by atoms with E-state index in [0.29, 0.717) is 29.0 Å². The highest BCUT2D eigenvalue weighted by atomic mass is 19.4. The van der Waals surface area contributed by atoms with Gasteiger partial charge in [0, 0.05) is 24.2 Å². The number of hydrogen-bond acceptors (Lipinski definition) is 7. The maximum Gasteiger partial charge on any atom is 0.422 e. The van der Waals surface area contributed by atoms with Crippen LogP contribution in [0.4, 0.5) is 13.2 Å². The predicted octanol–water partition coefficient (Wildman–Crippen LogP) is 2.76. The molecule has 2 rings (SSSR count). The van der Waals surface area contributed by atoms with Gasteiger partial charge in [-0.2, -0.15) is 18.3 Å². The molecule has 0 bridgehead atoms. The maximum absolute atomic E-state index is 12.2. The van der Waals surface area contributed by atoms with E-state index in [0.717, 1.165) is 5.01 Å². The molecule has 29 heavy (non-hydrogen) atoms. The van der Waals surface area contributed by atoms with Gasteiger partial charge < -0.3 is 9.47 Å². The molecule has 1 amide bonds. The van der Waals surface area contributed by atoms with Crippen molar-refractivity contribution < 1.29 is 27.4 Å². The Hall–Kier alpha value is -3.50. The Bertz CT molecular complexity index is 870. The number of methoxy groups -OCH3 is 1. The summed E-state index contributed by atoms with van der Waals surface area (Å²) in [6, 6.07) is 1.30. The molecule has 0 aliphatic heterocycles. The van der Waals surface area contributed by atoms with Crippen LogP contribution in [-0.2, 0) is 11.3 Å². The van der Waals surface area contributed by atoms with Crippen LogP contribution in [0.2, 0.25) is 0 Å². The lowest BCUT2D eigenvalue weighted by molar-refractivity contribution is -0.154. The van der Waals surface area contributed by atoms with Gasteiger partial charge in [-0.25, -0.2) is 15.0 Å². The van der Waals surface area contributed by atoms with Crippen molar-refractivity contribution in [2.75, 3.05) is 13.7 Å². The van der Waals surface area contributed by atoms with E-state index in [1.807, 2.05) is 0 Å². The van der Waals surface area contributed by atoms with Crippen LogP contribution in [0.5, 0.6) is 11.8 Å². The first-order chi connectivity index (χ1) is 13.8. The van der Waals surface area contributed by atoms with Crippen molar-refractivity contribution in [1.82, 2.24) is 20.0 Å². The number of aromatic nitrogens is 3. The second-order valence-corrected chi connectivity index (χ2v) is 5.58. The highest BCUT2D eigenvalue weighted by Gasteiger charge is 2.28. The number of hydrazone groups is 1. The van der Waals surface area contributed by atoms with Crippen molar-refractivity contribution in [3.63, 3.8) is 0 Å². The third-order valence-electron chi connectivity index (χ3n) is 3.32. The molecule has 0 fully saturated rings. The minimum absolute atomic E-state index is 0.127. The summed E-state index contributed by atoms with van der Waals surface area (Å²) in [7, 11) is 1.50. The van der Waals surface area contributed by atoms with Gasteiger partial charge in [-0.15, -0.1) is 0 Å². The van der Waals surface area contributed by atoms with E-state index in [2.05, 4.69) is 24.8 Å². The SMILES string of the molecule is C/C=C\C(=N/N(C=O)Cc1cncc(OC)c1)c1cnc(OCC(F)(F)F)nc1. The molecule has 2 aromatic rings. The van der Waals surface area contributed by atoms with Gasteiger partial charge in [0.25, 0.3) is 0 Å². The minimum atomic E-state index is -4.49. The molecule has 0 saturated carbocycles. The second-order valence-electron chi connectivity index (χ2n) is 5.58. The molecule has 0 aliphatic carbocycles. The summed E-state index contributed by atoms with van der Waals surface area (Å²) in [5, 5.41) is 5.38. The summed E-state index contributed by atoms with van der Waals surface area (Å²) >= 11 is 0. The molecule has 0 radical (unpaired) electrons. The van der Waals surface area contributed by atoms with E-state index < -0.39 is 18.8 Å².